The van der Waals surface area contributed by atoms with Crippen LogP contribution in [0.3, 0.4) is 0 Å². The van der Waals surface area contributed by atoms with E-state index in [2.05, 4.69) is 0 Å². The molecule has 2 heteroatoms. The monoisotopic (exact) mass is 112 g/mol. The van der Waals surface area contributed by atoms with Gasteiger partial charge in [0.25, 0.3) is 0 Å². The third kappa shape index (κ3) is 3.38. The SMILES string of the molecule is C#CC(=O)CCCO. The summed E-state index contributed by atoms with van der Waals surface area (Å²) in [7, 11) is 0. The molecule has 0 fully saturated rings. The molecule has 0 aliphatic carbocycles. The third-order valence-electron chi connectivity index (χ3n) is 0.723. The van der Waals surface area contributed by atoms with Gasteiger partial charge in [-0.2, -0.15) is 0 Å². The van der Waals surface area contributed by atoms with Crippen LogP contribution in [0.25, 0.3) is 0 Å². The summed E-state index contributed by atoms with van der Waals surface area (Å²) in [6, 6.07) is 0. The van der Waals surface area contributed by atoms with Crippen molar-refractivity contribution < 1.29 is 9.90 Å². The maximum Gasteiger partial charge on any atom is 0.205 e. The second kappa shape index (κ2) is 4.35. The molecule has 0 rings (SSSR count). The van der Waals surface area contributed by atoms with Crippen molar-refractivity contribution in [3.63, 3.8) is 0 Å². The van der Waals surface area contributed by atoms with E-state index in [0.717, 1.165) is 0 Å². The van der Waals surface area contributed by atoms with Gasteiger partial charge in [0.05, 0.1) is 0 Å². The van der Waals surface area contributed by atoms with Crippen molar-refractivity contribution in [1.82, 2.24) is 0 Å². The smallest absolute Gasteiger partial charge is 0.205 e. The highest BCUT2D eigenvalue weighted by molar-refractivity contribution is 5.94. The van der Waals surface area contributed by atoms with Gasteiger partial charge >= 0.3 is 0 Å². The molecule has 0 aromatic carbocycles. The summed E-state index contributed by atoms with van der Waals surface area (Å²) in [4.78, 5) is 10.2. The molecule has 0 bridgehead atoms. The van der Waals surface area contributed by atoms with E-state index in [1.165, 1.54) is 0 Å². The molecular formula is C6H8O2. The van der Waals surface area contributed by atoms with Gasteiger partial charge in [-0.15, -0.1) is 6.42 Å². The average Bonchev–Trinajstić information content (AvgIpc) is 1.83. The van der Waals surface area contributed by atoms with Crippen LogP contribution in [0.1, 0.15) is 12.8 Å². The van der Waals surface area contributed by atoms with E-state index in [1.54, 1.807) is 0 Å². The van der Waals surface area contributed by atoms with E-state index in [1.807, 2.05) is 5.92 Å². The Morgan fingerprint density at radius 3 is 2.75 bits per heavy atom. The highest BCUT2D eigenvalue weighted by atomic mass is 16.3. The Balaban J connectivity index is 3.16. The Morgan fingerprint density at radius 1 is 1.75 bits per heavy atom. The molecule has 0 unspecified atom stereocenters. The molecular weight excluding hydrogens is 104 g/mol. The number of carbonyl (C=O) groups excluding carboxylic acids is 1. The highest BCUT2D eigenvalue weighted by Crippen LogP contribution is 1.86. The van der Waals surface area contributed by atoms with Crippen LogP contribution in [0, 0.1) is 12.3 Å². The summed E-state index contributed by atoms with van der Waals surface area (Å²) >= 11 is 0. The zero-order chi connectivity index (χ0) is 6.41. The summed E-state index contributed by atoms with van der Waals surface area (Å²) < 4.78 is 0. The quantitative estimate of drug-likeness (QED) is 0.411. The van der Waals surface area contributed by atoms with Crippen LogP contribution in [0.5, 0.6) is 0 Å². The van der Waals surface area contributed by atoms with Crippen LogP contribution >= 0.6 is 0 Å². The summed E-state index contributed by atoms with van der Waals surface area (Å²) in [5.74, 6) is 1.71. The Kier molecular flexibility index (Phi) is 3.91. The van der Waals surface area contributed by atoms with E-state index in [-0.39, 0.29) is 12.4 Å². The van der Waals surface area contributed by atoms with E-state index in [0.29, 0.717) is 12.8 Å². The normalized spacial score (nSPS) is 8.00. The Hall–Kier alpha value is -0.810. The number of ketones is 1. The lowest BCUT2D eigenvalue weighted by atomic mass is 10.2. The van der Waals surface area contributed by atoms with E-state index in [9.17, 15) is 4.79 Å². The van der Waals surface area contributed by atoms with E-state index in [4.69, 9.17) is 11.5 Å². The van der Waals surface area contributed by atoms with Crippen molar-refractivity contribution in [2.75, 3.05) is 6.61 Å². The number of aliphatic hydroxyl groups is 1. The van der Waals surface area contributed by atoms with Gasteiger partial charge in [0.1, 0.15) is 0 Å². The fraction of sp³-hybridized carbons (Fsp3) is 0.500. The first-order valence-corrected chi connectivity index (χ1v) is 2.41. The predicted octanol–water partition coefficient (Wildman–Crippen LogP) is -0.0388. The maximum absolute atomic E-state index is 10.2. The van der Waals surface area contributed by atoms with E-state index < -0.39 is 0 Å². The van der Waals surface area contributed by atoms with Gasteiger partial charge in [0, 0.05) is 13.0 Å². The standard InChI is InChI=1S/C6H8O2/c1-2-6(8)4-3-5-7/h1,7H,3-5H2. The number of hydrogen-bond donors (Lipinski definition) is 1. The lowest BCUT2D eigenvalue weighted by Gasteiger charge is -1.85. The number of carbonyl (C=O) groups is 1. The van der Waals surface area contributed by atoms with Gasteiger partial charge in [-0.05, 0) is 12.3 Å². The lowest BCUT2D eigenvalue weighted by Crippen LogP contribution is -1.93. The van der Waals surface area contributed by atoms with E-state index >= 15 is 0 Å². The number of rotatable bonds is 3. The number of terminal acetylenes is 1. The van der Waals surface area contributed by atoms with Crippen molar-refractivity contribution in [3.05, 3.63) is 0 Å². The fourth-order valence-corrected chi connectivity index (χ4v) is 0.312. The molecule has 8 heavy (non-hydrogen) atoms. The van der Waals surface area contributed by atoms with Crippen LogP contribution < -0.4 is 0 Å². The molecule has 0 radical (unpaired) electrons. The molecule has 0 amide bonds. The summed E-state index contributed by atoms with van der Waals surface area (Å²) in [5, 5.41) is 8.19. The Morgan fingerprint density at radius 2 is 2.38 bits per heavy atom. The molecule has 0 aliphatic heterocycles. The minimum Gasteiger partial charge on any atom is -0.396 e. The summed E-state index contributed by atoms with van der Waals surface area (Å²) in [6.45, 7) is 0.0351. The van der Waals surface area contributed by atoms with Crippen LogP contribution in [0.2, 0.25) is 0 Å². The number of hydrogen-bond acceptors (Lipinski definition) is 2. The van der Waals surface area contributed by atoms with Crippen LogP contribution in [-0.4, -0.2) is 17.5 Å². The number of aliphatic hydroxyl groups excluding tert-OH is 1. The zero-order valence-corrected chi connectivity index (χ0v) is 4.55. The Bertz CT molecular complexity index is 110. The van der Waals surface area contributed by atoms with Crippen LogP contribution in [-0.2, 0) is 4.79 Å². The molecule has 0 spiro atoms. The van der Waals surface area contributed by atoms with Crippen molar-refractivity contribution >= 4 is 5.78 Å². The summed E-state index contributed by atoms with van der Waals surface area (Å²) in [5.41, 5.74) is 0. The second-order valence-corrected chi connectivity index (χ2v) is 1.39. The summed E-state index contributed by atoms with van der Waals surface area (Å²) in [6.07, 6.45) is 5.51. The maximum atomic E-state index is 10.2. The van der Waals surface area contributed by atoms with Gasteiger partial charge < -0.3 is 5.11 Å². The first-order valence-electron chi connectivity index (χ1n) is 2.41. The van der Waals surface area contributed by atoms with Crippen molar-refractivity contribution in [3.8, 4) is 12.3 Å². The van der Waals surface area contributed by atoms with Gasteiger partial charge in [-0.3, -0.25) is 4.79 Å². The Labute approximate surface area is 48.5 Å². The van der Waals surface area contributed by atoms with Crippen molar-refractivity contribution in [2.45, 2.75) is 12.8 Å². The second-order valence-electron chi connectivity index (χ2n) is 1.39. The molecule has 2 nitrogen and oxygen atoms in total. The molecule has 0 atom stereocenters. The minimum atomic E-state index is -0.237. The molecule has 0 saturated carbocycles. The van der Waals surface area contributed by atoms with Gasteiger partial charge in [0.2, 0.25) is 5.78 Å². The molecule has 0 aromatic heterocycles. The molecule has 44 valence electrons. The molecule has 0 heterocycles. The molecule has 0 aliphatic rings. The largest absolute Gasteiger partial charge is 0.396 e. The third-order valence-corrected chi connectivity index (χ3v) is 0.723. The minimum absolute atomic E-state index is 0.0351. The van der Waals surface area contributed by atoms with Gasteiger partial charge in [0.15, 0.2) is 0 Å². The first kappa shape index (κ1) is 7.19. The molecule has 1 N–H and O–H groups in total. The van der Waals surface area contributed by atoms with Gasteiger partial charge in [-0.25, -0.2) is 0 Å². The molecule has 0 saturated heterocycles. The van der Waals surface area contributed by atoms with Crippen molar-refractivity contribution in [2.24, 2.45) is 0 Å². The van der Waals surface area contributed by atoms with Crippen molar-refractivity contribution in [1.29, 1.82) is 0 Å². The highest BCUT2D eigenvalue weighted by Gasteiger charge is 1.92. The average molecular weight is 112 g/mol. The lowest BCUT2D eigenvalue weighted by molar-refractivity contribution is -0.114. The topological polar surface area (TPSA) is 37.3 Å². The molecule has 0 aromatic rings. The first-order chi connectivity index (χ1) is 3.81. The fourth-order valence-electron chi connectivity index (χ4n) is 0.312. The zero-order valence-electron chi connectivity index (χ0n) is 4.55. The predicted molar refractivity (Wildman–Crippen MR) is 30.2 cm³/mol. The van der Waals surface area contributed by atoms with Crippen LogP contribution in [0.4, 0.5) is 0 Å². The van der Waals surface area contributed by atoms with Crippen LogP contribution in [0.15, 0.2) is 0 Å². The number of Topliss-reactive ketones (excluding diaryl/α,β-unsaturated/α-hetero) is 1. The van der Waals surface area contributed by atoms with Gasteiger partial charge in [-0.1, -0.05) is 0 Å².